The summed E-state index contributed by atoms with van der Waals surface area (Å²) in [5, 5.41) is 8.91. The zero-order valence-electron chi connectivity index (χ0n) is 14.5. The summed E-state index contributed by atoms with van der Waals surface area (Å²) >= 11 is 2.82. The highest BCUT2D eigenvalue weighted by atomic mass is 32.1. The van der Waals surface area contributed by atoms with E-state index in [-0.39, 0.29) is 17.2 Å². The van der Waals surface area contributed by atoms with Gasteiger partial charge in [0.15, 0.2) is 5.13 Å². The van der Waals surface area contributed by atoms with Gasteiger partial charge in [-0.25, -0.2) is 4.98 Å². The number of nitrogens with one attached hydrogen (secondary N) is 2. The molecule has 0 atom stereocenters. The van der Waals surface area contributed by atoms with Gasteiger partial charge in [-0.15, -0.1) is 22.7 Å². The van der Waals surface area contributed by atoms with E-state index in [2.05, 4.69) is 36.4 Å². The molecule has 0 fully saturated rings. The van der Waals surface area contributed by atoms with Crippen molar-refractivity contribution < 1.29 is 9.59 Å². The number of carbonyl (C=O) groups is 2. The van der Waals surface area contributed by atoms with Crippen LogP contribution in [0.15, 0.2) is 29.6 Å². The van der Waals surface area contributed by atoms with Crippen LogP contribution in [0.3, 0.4) is 0 Å². The Morgan fingerprint density at radius 3 is 2.52 bits per heavy atom. The minimum atomic E-state index is -0.183. The average molecular weight is 374 g/mol. The van der Waals surface area contributed by atoms with Crippen LogP contribution in [-0.4, -0.2) is 23.8 Å². The first kappa shape index (κ1) is 17.6. The molecule has 0 radical (unpaired) electrons. The van der Waals surface area contributed by atoms with E-state index in [9.17, 15) is 9.59 Å². The van der Waals surface area contributed by atoms with Gasteiger partial charge < -0.3 is 5.32 Å². The van der Waals surface area contributed by atoms with Crippen molar-refractivity contribution in [3.05, 3.63) is 45.8 Å². The van der Waals surface area contributed by atoms with Gasteiger partial charge in [0.05, 0.1) is 10.6 Å². The molecule has 0 aliphatic rings. The molecule has 0 bridgehead atoms. The van der Waals surface area contributed by atoms with Crippen LogP contribution in [0.5, 0.6) is 0 Å². The number of anilines is 1. The van der Waals surface area contributed by atoms with Crippen LogP contribution in [0, 0.1) is 0 Å². The lowest BCUT2D eigenvalue weighted by molar-refractivity contribution is 0.0962. The second kappa shape index (κ2) is 6.57. The number of benzene rings is 1. The molecule has 0 aliphatic heterocycles. The summed E-state index contributed by atoms with van der Waals surface area (Å²) in [5.74, 6) is -0.325. The molecule has 1 aromatic carbocycles. The van der Waals surface area contributed by atoms with E-state index in [0.29, 0.717) is 15.6 Å². The van der Waals surface area contributed by atoms with E-state index in [4.69, 9.17) is 0 Å². The Hall–Kier alpha value is -2.25. The molecule has 0 saturated heterocycles. The maximum atomic E-state index is 12.5. The van der Waals surface area contributed by atoms with Gasteiger partial charge in [-0.05, 0) is 29.7 Å². The quantitative estimate of drug-likeness (QED) is 0.720. The summed E-state index contributed by atoms with van der Waals surface area (Å²) in [6, 6.07) is 7.22. The van der Waals surface area contributed by atoms with Gasteiger partial charge in [-0.2, -0.15) is 0 Å². The SMILES string of the molecule is CNC(=O)c1ccc2sc(C(=O)Nc3nc(C(C)(C)C)cs3)cc2c1. The third-order valence-electron chi connectivity index (χ3n) is 3.72. The van der Waals surface area contributed by atoms with E-state index in [1.807, 2.05) is 11.4 Å². The van der Waals surface area contributed by atoms with E-state index in [1.165, 1.54) is 22.7 Å². The first-order chi connectivity index (χ1) is 11.8. The van der Waals surface area contributed by atoms with Crippen LogP contribution in [0.1, 0.15) is 46.5 Å². The van der Waals surface area contributed by atoms with Crippen molar-refractivity contribution in [3.8, 4) is 0 Å². The molecule has 7 heteroatoms. The topological polar surface area (TPSA) is 71.1 Å². The predicted molar refractivity (Wildman–Crippen MR) is 104 cm³/mol. The zero-order chi connectivity index (χ0) is 18.2. The Bertz CT molecular complexity index is 951. The minimum Gasteiger partial charge on any atom is -0.355 e. The fraction of sp³-hybridized carbons (Fsp3) is 0.278. The van der Waals surface area contributed by atoms with Crippen LogP contribution in [0.4, 0.5) is 5.13 Å². The lowest BCUT2D eigenvalue weighted by atomic mass is 9.93. The highest BCUT2D eigenvalue weighted by Gasteiger charge is 2.19. The summed E-state index contributed by atoms with van der Waals surface area (Å²) in [6.45, 7) is 6.26. The fourth-order valence-corrected chi connectivity index (χ4v) is 4.15. The van der Waals surface area contributed by atoms with Crippen LogP contribution in [-0.2, 0) is 5.41 Å². The standard InChI is InChI=1S/C18H19N3O2S2/c1-18(2,3)14-9-24-17(20-14)21-16(23)13-8-11-7-10(15(22)19-4)5-6-12(11)25-13/h5-9H,1-4H3,(H,19,22)(H,20,21,23). The molecule has 3 rings (SSSR count). The van der Waals surface area contributed by atoms with Crippen LogP contribution < -0.4 is 10.6 Å². The molecule has 0 saturated carbocycles. The molecule has 2 heterocycles. The summed E-state index contributed by atoms with van der Waals surface area (Å²) in [5.41, 5.74) is 1.49. The van der Waals surface area contributed by atoms with E-state index in [1.54, 1.807) is 25.2 Å². The Morgan fingerprint density at radius 2 is 1.88 bits per heavy atom. The first-order valence-electron chi connectivity index (χ1n) is 7.81. The van der Waals surface area contributed by atoms with E-state index in [0.717, 1.165) is 15.8 Å². The minimum absolute atomic E-state index is 0.0483. The molecule has 0 aliphatic carbocycles. The Labute approximate surface area is 154 Å². The lowest BCUT2D eigenvalue weighted by Crippen LogP contribution is -2.17. The fourth-order valence-electron chi connectivity index (χ4n) is 2.28. The van der Waals surface area contributed by atoms with Gasteiger partial charge in [-0.1, -0.05) is 20.8 Å². The Morgan fingerprint density at radius 1 is 1.12 bits per heavy atom. The summed E-state index contributed by atoms with van der Waals surface area (Å²) < 4.78 is 0.965. The second-order valence-corrected chi connectivity index (χ2v) is 8.63. The number of hydrogen-bond acceptors (Lipinski definition) is 5. The van der Waals surface area contributed by atoms with Gasteiger partial charge >= 0.3 is 0 Å². The molecule has 3 aromatic rings. The normalized spacial score (nSPS) is 11.5. The van der Waals surface area contributed by atoms with Gasteiger partial charge in [0.1, 0.15) is 0 Å². The second-order valence-electron chi connectivity index (χ2n) is 6.68. The van der Waals surface area contributed by atoms with Gasteiger partial charge in [-0.3, -0.25) is 14.9 Å². The smallest absolute Gasteiger partial charge is 0.267 e. The molecule has 130 valence electrons. The number of thiophene rings is 1. The monoisotopic (exact) mass is 373 g/mol. The maximum absolute atomic E-state index is 12.5. The van der Waals surface area contributed by atoms with Crippen molar-refractivity contribution in [2.45, 2.75) is 26.2 Å². The van der Waals surface area contributed by atoms with Crippen LogP contribution in [0.2, 0.25) is 0 Å². The van der Waals surface area contributed by atoms with Gasteiger partial charge in [0.25, 0.3) is 11.8 Å². The van der Waals surface area contributed by atoms with Crippen molar-refractivity contribution in [1.82, 2.24) is 10.3 Å². The number of fused-ring (bicyclic) bond motifs is 1. The van der Waals surface area contributed by atoms with Crippen molar-refractivity contribution in [3.63, 3.8) is 0 Å². The number of hydrogen-bond donors (Lipinski definition) is 2. The number of rotatable bonds is 3. The Kier molecular flexibility index (Phi) is 4.62. The van der Waals surface area contributed by atoms with Gasteiger partial charge in [0.2, 0.25) is 0 Å². The zero-order valence-corrected chi connectivity index (χ0v) is 16.1. The van der Waals surface area contributed by atoms with Crippen molar-refractivity contribution in [2.75, 3.05) is 12.4 Å². The highest BCUT2D eigenvalue weighted by molar-refractivity contribution is 7.21. The molecule has 0 spiro atoms. The largest absolute Gasteiger partial charge is 0.355 e. The third-order valence-corrected chi connectivity index (χ3v) is 5.59. The summed E-state index contributed by atoms with van der Waals surface area (Å²) in [6.07, 6.45) is 0. The van der Waals surface area contributed by atoms with Crippen molar-refractivity contribution in [2.24, 2.45) is 0 Å². The Balaban J connectivity index is 1.82. The summed E-state index contributed by atoms with van der Waals surface area (Å²) in [4.78, 5) is 29.3. The first-order valence-corrected chi connectivity index (χ1v) is 9.50. The molecular weight excluding hydrogens is 354 g/mol. The molecule has 5 nitrogen and oxygen atoms in total. The molecule has 0 unspecified atom stereocenters. The van der Waals surface area contributed by atoms with Crippen molar-refractivity contribution >= 4 is 49.7 Å². The number of carbonyl (C=O) groups excluding carboxylic acids is 2. The highest BCUT2D eigenvalue weighted by Crippen LogP contribution is 2.29. The molecule has 2 N–H and O–H groups in total. The molecule has 2 amide bonds. The van der Waals surface area contributed by atoms with Crippen molar-refractivity contribution in [1.29, 1.82) is 0 Å². The third kappa shape index (κ3) is 3.72. The number of nitrogens with zero attached hydrogens (tertiary/aromatic N) is 1. The number of thiazole rings is 1. The van der Waals surface area contributed by atoms with Crippen LogP contribution >= 0.6 is 22.7 Å². The van der Waals surface area contributed by atoms with E-state index < -0.39 is 0 Å². The van der Waals surface area contributed by atoms with Crippen LogP contribution in [0.25, 0.3) is 10.1 Å². The molecular formula is C18H19N3O2S2. The summed E-state index contributed by atoms with van der Waals surface area (Å²) in [7, 11) is 1.60. The number of aromatic nitrogens is 1. The molecule has 25 heavy (non-hydrogen) atoms. The average Bonchev–Trinajstić information content (AvgIpc) is 3.19. The molecule has 2 aromatic heterocycles. The van der Waals surface area contributed by atoms with Gasteiger partial charge in [0, 0.05) is 28.1 Å². The predicted octanol–water partition coefficient (Wildman–Crippen LogP) is 4.27. The maximum Gasteiger partial charge on any atom is 0.267 e. The number of amides is 2. The lowest BCUT2D eigenvalue weighted by Gasteiger charge is -2.14. The van der Waals surface area contributed by atoms with E-state index >= 15 is 0 Å².